The molecule has 0 saturated heterocycles. The molecule has 0 atom stereocenters. The average Bonchev–Trinajstić information content (AvgIpc) is 2.36. The minimum atomic E-state index is -0.157. The maximum absolute atomic E-state index is 5.47. The molecular formula is C13H21NO2S. The summed E-state index contributed by atoms with van der Waals surface area (Å²) in [7, 11) is 5.33. The van der Waals surface area contributed by atoms with Gasteiger partial charge in [0.05, 0.1) is 19.1 Å². The smallest absolute Gasteiger partial charge is 0.133 e. The minimum absolute atomic E-state index is 0.157. The summed E-state index contributed by atoms with van der Waals surface area (Å²) in [6, 6.07) is 4.07. The van der Waals surface area contributed by atoms with Crippen LogP contribution < -0.4 is 14.8 Å². The van der Waals surface area contributed by atoms with Crippen molar-refractivity contribution in [3.05, 3.63) is 17.7 Å². The summed E-state index contributed by atoms with van der Waals surface area (Å²) < 4.78 is 10.9. The molecule has 1 N–H and O–H groups in total. The zero-order chi connectivity index (χ0) is 13.1. The minimum Gasteiger partial charge on any atom is -0.496 e. The third-order valence-electron chi connectivity index (χ3n) is 3.00. The zero-order valence-electron chi connectivity index (χ0n) is 11.4. The molecule has 0 aliphatic rings. The second kappa shape index (κ2) is 5.65. The fraction of sp³-hybridized carbons (Fsp3) is 0.538. The van der Waals surface area contributed by atoms with Gasteiger partial charge in [-0.2, -0.15) is 0 Å². The number of ether oxygens (including phenoxy) is 2. The van der Waals surface area contributed by atoms with Crippen LogP contribution in [-0.2, 0) is 5.54 Å². The predicted octanol–water partition coefficient (Wildman–Crippen LogP) is 2.88. The van der Waals surface area contributed by atoms with Gasteiger partial charge in [-0.15, -0.1) is 11.8 Å². The average molecular weight is 255 g/mol. The Labute approximate surface area is 108 Å². The molecule has 0 saturated carbocycles. The largest absolute Gasteiger partial charge is 0.496 e. The molecule has 0 unspecified atom stereocenters. The van der Waals surface area contributed by atoms with Crippen molar-refractivity contribution < 1.29 is 9.47 Å². The van der Waals surface area contributed by atoms with Gasteiger partial charge in [0.1, 0.15) is 11.5 Å². The first kappa shape index (κ1) is 14.2. The van der Waals surface area contributed by atoms with E-state index < -0.39 is 0 Å². The zero-order valence-corrected chi connectivity index (χ0v) is 12.2. The molecule has 1 aromatic rings. The van der Waals surface area contributed by atoms with Gasteiger partial charge in [0.15, 0.2) is 0 Å². The van der Waals surface area contributed by atoms with Gasteiger partial charge in [-0.05, 0) is 39.3 Å². The van der Waals surface area contributed by atoms with Gasteiger partial charge >= 0.3 is 0 Å². The normalized spacial score (nSPS) is 11.4. The van der Waals surface area contributed by atoms with Crippen molar-refractivity contribution in [2.75, 3.05) is 27.5 Å². The first-order valence-corrected chi connectivity index (χ1v) is 6.72. The Morgan fingerprint density at radius 1 is 1.12 bits per heavy atom. The number of rotatable bonds is 5. The summed E-state index contributed by atoms with van der Waals surface area (Å²) >= 11 is 1.65. The fourth-order valence-electron chi connectivity index (χ4n) is 1.65. The van der Waals surface area contributed by atoms with Crippen molar-refractivity contribution in [3.8, 4) is 11.5 Å². The van der Waals surface area contributed by atoms with Crippen molar-refractivity contribution in [1.29, 1.82) is 0 Å². The Morgan fingerprint density at radius 3 is 2.12 bits per heavy atom. The summed E-state index contributed by atoms with van der Waals surface area (Å²) in [4.78, 5) is 1.08. The molecule has 0 aliphatic carbocycles. The number of nitrogens with one attached hydrogen (secondary N) is 1. The molecule has 0 fully saturated rings. The van der Waals surface area contributed by atoms with E-state index in [9.17, 15) is 0 Å². The van der Waals surface area contributed by atoms with Crippen molar-refractivity contribution >= 4 is 11.8 Å². The number of methoxy groups -OCH3 is 2. The van der Waals surface area contributed by atoms with Gasteiger partial charge in [-0.25, -0.2) is 0 Å². The summed E-state index contributed by atoms with van der Waals surface area (Å²) in [6.07, 6.45) is 2.03. The van der Waals surface area contributed by atoms with E-state index in [2.05, 4.69) is 19.2 Å². The van der Waals surface area contributed by atoms with Crippen LogP contribution in [0.4, 0.5) is 0 Å². The fourth-order valence-corrected chi connectivity index (χ4v) is 2.22. The molecule has 1 aromatic carbocycles. The predicted molar refractivity (Wildman–Crippen MR) is 73.4 cm³/mol. The Bertz CT molecular complexity index is 391. The number of hydrogen-bond acceptors (Lipinski definition) is 4. The summed E-state index contributed by atoms with van der Waals surface area (Å²) in [6.45, 7) is 4.23. The third-order valence-corrected chi connectivity index (χ3v) is 3.76. The van der Waals surface area contributed by atoms with Gasteiger partial charge in [-0.3, -0.25) is 0 Å². The first-order chi connectivity index (χ1) is 8.00. The van der Waals surface area contributed by atoms with Crippen LogP contribution >= 0.6 is 11.8 Å². The van der Waals surface area contributed by atoms with E-state index in [0.29, 0.717) is 0 Å². The lowest BCUT2D eigenvalue weighted by Crippen LogP contribution is -2.33. The lowest BCUT2D eigenvalue weighted by molar-refractivity contribution is 0.363. The van der Waals surface area contributed by atoms with Crippen molar-refractivity contribution in [2.24, 2.45) is 0 Å². The molecule has 0 aromatic heterocycles. The SMILES string of the molecule is CNC(C)(C)c1cc(OC)c(SC)cc1OC. The Morgan fingerprint density at radius 2 is 1.71 bits per heavy atom. The van der Waals surface area contributed by atoms with Crippen molar-refractivity contribution in [1.82, 2.24) is 5.32 Å². The molecule has 17 heavy (non-hydrogen) atoms. The van der Waals surface area contributed by atoms with Crippen molar-refractivity contribution in [2.45, 2.75) is 24.3 Å². The van der Waals surface area contributed by atoms with Gasteiger partial charge in [0.25, 0.3) is 0 Å². The van der Waals surface area contributed by atoms with E-state index in [-0.39, 0.29) is 5.54 Å². The van der Waals surface area contributed by atoms with Crippen LogP contribution in [-0.4, -0.2) is 27.5 Å². The topological polar surface area (TPSA) is 30.5 Å². The lowest BCUT2D eigenvalue weighted by Gasteiger charge is -2.27. The Balaban J connectivity index is 3.38. The highest BCUT2D eigenvalue weighted by Gasteiger charge is 2.24. The summed E-state index contributed by atoms with van der Waals surface area (Å²) in [5, 5.41) is 3.28. The highest BCUT2D eigenvalue weighted by molar-refractivity contribution is 7.98. The van der Waals surface area contributed by atoms with E-state index in [1.165, 1.54) is 0 Å². The maximum Gasteiger partial charge on any atom is 0.133 e. The molecule has 0 bridgehead atoms. The van der Waals surface area contributed by atoms with Gasteiger partial charge in [0, 0.05) is 11.1 Å². The second-order valence-electron chi connectivity index (χ2n) is 4.28. The molecule has 0 aliphatic heterocycles. The molecule has 0 heterocycles. The Hall–Kier alpha value is -0.870. The third kappa shape index (κ3) is 2.87. The van der Waals surface area contributed by atoms with Crippen molar-refractivity contribution in [3.63, 3.8) is 0 Å². The van der Waals surface area contributed by atoms with Gasteiger partial charge in [0.2, 0.25) is 0 Å². The van der Waals surface area contributed by atoms with E-state index in [1.54, 1.807) is 26.0 Å². The second-order valence-corrected chi connectivity index (χ2v) is 5.13. The van der Waals surface area contributed by atoms with Crippen LogP contribution in [0, 0.1) is 0 Å². The van der Waals surface area contributed by atoms with Crippen LogP contribution in [0.1, 0.15) is 19.4 Å². The number of thioether (sulfide) groups is 1. The standard InChI is InChI=1S/C13H21NO2S/c1-13(2,14-3)9-7-11(16-5)12(17-6)8-10(9)15-4/h7-8,14H,1-6H3. The van der Waals surface area contributed by atoms with Crippen LogP contribution in [0.25, 0.3) is 0 Å². The van der Waals surface area contributed by atoms with Crippen LogP contribution in [0.2, 0.25) is 0 Å². The van der Waals surface area contributed by atoms with Crippen LogP contribution in [0.15, 0.2) is 17.0 Å². The molecule has 96 valence electrons. The van der Waals surface area contributed by atoms with Gasteiger partial charge < -0.3 is 14.8 Å². The lowest BCUT2D eigenvalue weighted by atomic mass is 9.93. The number of benzene rings is 1. The summed E-state index contributed by atoms with van der Waals surface area (Å²) in [5.41, 5.74) is 0.937. The first-order valence-electron chi connectivity index (χ1n) is 5.49. The monoisotopic (exact) mass is 255 g/mol. The van der Waals surface area contributed by atoms with E-state index in [4.69, 9.17) is 9.47 Å². The highest BCUT2D eigenvalue weighted by Crippen LogP contribution is 2.38. The van der Waals surface area contributed by atoms with Crippen LogP contribution in [0.3, 0.4) is 0 Å². The van der Waals surface area contributed by atoms with E-state index in [1.807, 2.05) is 25.4 Å². The Kier molecular flexibility index (Phi) is 4.71. The summed E-state index contributed by atoms with van der Waals surface area (Å²) in [5.74, 6) is 1.77. The van der Waals surface area contributed by atoms with Gasteiger partial charge in [-0.1, -0.05) is 0 Å². The molecule has 0 amide bonds. The molecule has 3 nitrogen and oxygen atoms in total. The molecule has 0 spiro atoms. The quantitative estimate of drug-likeness (QED) is 0.820. The highest BCUT2D eigenvalue weighted by atomic mass is 32.2. The molecule has 4 heteroatoms. The van der Waals surface area contributed by atoms with Crippen LogP contribution in [0.5, 0.6) is 11.5 Å². The van der Waals surface area contributed by atoms with E-state index >= 15 is 0 Å². The molecule has 0 radical (unpaired) electrons. The molecule has 1 rings (SSSR count). The molecular weight excluding hydrogens is 234 g/mol. The van der Waals surface area contributed by atoms with E-state index in [0.717, 1.165) is 22.0 Å². The maximum atomic E-state index is 5.47. The number of hydrogen-bond donors (Lipinski definition) is 1.